The number of nitrogens with zero attached hydrogens (tertiary/aromatic N) is 1. The summed E-state index contributed by atoms with van der Waals surface area (Å²) in [4.78, 5) is 14.4. The zero-order valence-corrected chi connectivity index (χ0v) is 12.1. The predicted molar refractivity (Wildman–Crippen MR) is 74.9 cm³/mol. The normalized spacial score (nSPS) is 17.9. The minimum atomic E-state index is 0.179. The molecule has 0 unspecified atom stereocenters. The van der Waals surface area contributed by atoms with Crippen LogP contribution in [0.3, 0.4) is 0 Å². The van der Waals surface area contributed by atoms with Gasteiger partial charge in [0.15, 0.2) is 5.78 Å². The average molecular weight is 312 g/mol. The van der Waals surface area contributed by atoms with E-state index in [4.69, 9.17) is 4.74 Å². The highest BCUT2D eigenvalue weighted by Gasteiger charge is 2.21. The molecule has 0 saturated carbocycles. The first-order chi connectivity index (χ1) is 8.70. The van der Waals surface area contributed by atoms with Crippen molar-refractivity contribution in [1.29, 1.82) is 0 Å². The number of ether oxygens (including phenoxy) is 1. The lowest BCUT2D eigenvalue weighted by Crippen LogP contribution is -2.39. The molecule has 0 amide bonds. The van der Waals surface area contributed by atoms with Crippen LogP contribution in [-0.2, 0) is 4.74 Å². The summed E-state index contributed by atoms with van der Waals surface area (Å²) in [6.45, 7) is 2.38. The molecule has 1 aliphatic heterocycles. The van der Waals surface area contributed by atoms with Gasteiger partial charge in [0, 0.05) is 30.2 Å². The highest BCUT2D eigenvalue weighted by Crippen LogP contribution is 2.18. The Morgan fingerprint density at radius 3 is 2.67 bits per heavy atom. The molecule has 0 spiro atoms. The number of Topliss-reactive ketones (excluding diaryl/α,β-unsaturated/α-hetero) is 1. The molecule has 18 heavy (non-hydrogen) atoms. The molecule has 1 aromatic rings. The Balaban J connectivity index is 1.91. The Morgan fingerprint density at radius 1 is 1.39 bits per heavy atom. The summed E-state index contributed by atoms with van der Waals surface area (Å²) in [5.41, 5.74) is 0.770. The second kappa shape index (κ2) is 6.45. The molecule has 98 valence electrons. The average Bonchev–Trinajstić information content (AvgIpc) is 2.40. The van der Waals surface area contributed by atoms with E-state index in [2.05, 4.69) is 20.8 Å². The van der Waals surface area contributed by atoms with Gasteiger partial charge in [-0.3, -0.25) is 9.69 Å². The van der Waals surface area contributed by atoms with Gasteiger partial charge in [-0.15, -0.1) is 0 Å². The first-order valence-corrected chi connectivity index (χ1v) is 7.03. The van der Waals surface area contributed by atoms with E-state index in [1.165, 1.54) is 0 Å². The molecule has 0 atom stereocenters. The maximum atomic E-state index is 12.2. The van der Waals surface area contributed by atoms with Crippen LogP contribution in [0.2, 0.25) is 0 Å². The van der Waals surface area contributed by atoms with Gasteiger partial charge in [-0.05, 0) is 18.9 Å². The maximum Gasteiger partial charge on any atom is 0.177 e. The van der Waals surface area contributed by atoms with Crippen LogP contribution in [0, 0.1) is 0 Å². The van der Waals surface area contributed by atoms with Gasteiger partial charge >= 0.3 is 0 Å². The van der Waals surface area contributed by atoms with E-state index in [0.717, 1.165) is 36.0 Å². The molecule has 1 heterocycles. The second-order valence-electron chi connectivity index (χ2n) is 4.61. The van der Waals surface area contributed by atoms with Crippen molar-refractivity contribution in [3.8, 4) is 0 Å². The number of methoxy groups -OCH3 is 1. The van der Waals surface area contributed by atoms with E-state index in [1.54, 1.807) is 7.11 Å². The molecule has 0 N–H and O–H groups in total. The number of carbonyl (C=O) groups excluding carboxylic acids is 1. The number of carbonyl (C=O) groups is 1. The monoisotopic (exact) mass is 311 g/mol. The van der Waals surface area contributed by atoms with Gasteiger partial charge in [-0.25, -0.2) is 0 Å². The summed E-state index contributed by atoms with van der Waals surface area (Å²) >= 11 is 3.42. The van der Waals surface area contributed by atoms with E-state index in [-0.39, 0.29) is 5.78 Å². The van der Waals surface area contributed by atoms with Gasteiger partial charge in [0.25, 0.3) is 0 Å². The first-order valence-electron chi connectivity index (χ1n) is 6.23. The van der Waals surface area contributed by atoms with Crippen molar-refractivity contribution in [2.75, 3.05) is 26.7 Å². The Kier molecular flexibility index (Phi) is 4.92. The molecule has 3 nitrogen and oxygen atoms in total. The van der Waals surface area contributed by atoms with Crippen LogP contribution in [0.1, 0.15) is 23.2 Å². The van der Waals surface area contributed by atoms with Crippen molar-refractivity contribution in [3.63, 3.8) is 0 Å². The zero-order chi connectivity index (χ0) is 13.0. The lowest BCUT2D eigenvalue weighted by Gasteiger charge is -2.30. The number of hydrogen-bond donors (Lipinski definition) is 0. The Hall–Kier alpha value is -0.710. The lowest BCUT2D eigenvalue weighted by atomic mass is 10.1. The third-order valence-corrected chi connectivity index (χ3v) is 4.10. The van der Waals surface area contributed by atoms with Crippen LogP contribution < -0.4 is 0 Å². The first kappa shape index (κ1) is 13.7. The van der Waals surface area contributed by atoms with Gasteiger partial charge in [0.2, 0.25) is 0 Å². The molecule has 0 aliphatic carbocycles. The molecular weight excluding hydrogens is 294 g/mol. The summed E-state index contributed by atoms with van der Waals surface area (Å²) in [5, 5.41) is 0. The van der Waals surface area contributed by atoms with E-state index in [9.17, 15) is 4.79 Å². The molecule has 0 aromatic heterocycles. The zero-order valence-electron chi connectivity index (χ0n) is 10.6. The Morgan fingerprint density at radius 2 is 2.06 bits per heavy atom. The number of ketones is 1. The fourth-order valence-electron chi connectivity index (χ4n) is 2.28. The van der Waals surface area contributed by atoms with Gasteiger partial charge < -0.3 is 4.74 Å². The van der Waals surface area contributed by atoms with Crippen LogP contribution in [0.25, 0.3) is 0 Å². The van der Waals surface area contributed by atoms with Crippen molar-refractivity contribution >= 4 is 21.7 Å². The van der Waals surface area contributed by atoms with Gasteiger partial charge in [0.1, 0.15) is 0 Å². The molecule has 1 fully saturated rings. The summed E-state index contributed by atoms with van der Waals surface area (Å²) in [6, 6.07) is 7.60. The smallest absolute Gasteiger partial charge is 0.177 e. The van der Waals surface area contributed by atoms with Crippen molar-refractivity contribution in [2.24, 2.45) is 0 Å². The maximum absolute atomic E-state index is 12.2. The van der Waals surface area contributed by atoms with Crippen molar-refractivity contribution in [3.05, 3.63) is 34.3 Å². The number of likely N-dealkylation sites (tertiary alicyclic amines) is 1. The quantitative estimate of drug-likeness (QED) is 0.801. The standard InChI is InChI=1S/C14H18BrNO2/c1-18-11-6-8-16(9-7-11)10-14(17)12-4-2-3-5-13(12)15/h2-5,11H,6-10H2,1H3. The minimum Gasteiger partial charge on any atom is -0.381 e. The van der Waals surface area contributed by atoms with Crippen LogP contribution >= 0.6 is 15.9 Å². The third-order valence-electron chi connectivity index (χ3n) is 3.41. The summed E-state index contributed by atoms with van der Waals surface area (Å²) in [7, 11) is 1.76. The number of benzene rings is 1. The number of halogens is 1. The summed E-state index contributed by atoms with van der Waals surface area (Å²) < 4.78 is 6.21. The molecular formula is C14H18BrNO2. The topological polar surface area (TPSA) is 29.5 Å². The van der Waals surface area contributed by atoms with Crippen molar-refractivity contribution in [1.82, 2.24) is 4.90 Å². The number of hydrogen-bond acceptors (Lipinski definition) is 3. The van der Waals surface area contributed by atoms with E-state index >= 15 is 0 Å². The molecule has 1 aromatic carbocycles. The third kappa shape index (κ3) is 3.40. The van der Waals surface area contributed by atoms with E-state index in [1.807, 2.05) is 24.3 Å². The van der Waals surface area contributed by atoms with Crippen molar-refractivity contribution in [2.45, 2.75) is 18.9 Å². The van der Waals surface area contributed by atoms with Gasteiger partial charge in [0.05, 0.1) is 12.6 Å². The number of piperidine rings is 1. The lowest BCUT2D eigenvalue weighted by molar-refractivity contribution is 0.0401. The molecule has 2 rings (SSSR count). The number of rotatable bonds is 4. The highest BCUT2D eigenvalue weighted by atomic mass is 79.9. The molecule has 1 saturated heterocycles. The summed E-state index contributed by atoms with van der Waals surface area (Å²) in [6.07, 6.45) is 2.39. The van der Waals surface area contributed by atoms with Crippen LogP contribution in [-0.4, -0.2) is 43.5 Å². The molecule has 0 radical (unpaired) electrons. The second-order valence-corrected chi connectivity index (χ2v) is 5.47. The van der Waals surface area contributed by atoms with Crippen LogP contribution in [0.5, 0.6) is 0 Å². The molecule has 1 aliphatic rings. The van der Waals surface area contributed by atoms with Crippen molar-refractivity contribution < 1.29 is 9.53 Å². The Bertz CT molecular complexity index is 414. The fourth-order valence-corrected chi connectivity index (χ4v) is 2.78. The molecule has 0 bridgehead atoms. The summed E-state index contributed by atoms with van der Waals surface area (Å²) in [5.74, 6) is 0.179. The SMILES string of the molecule is COC1CCN(CC(=O)c2ccccc2Br)CC1. The highest BCUT2D eigenvalue weighted by molar-refractivity contribution is 9.10. The van der Waals surface area contributed by atoms with Gasteiger partial charge in [-0.1, -0.05) is 34.1 Å². The van der Waals surface area contributed by atoms with Gasteiger partial charge in [-0.2, -0.15) is 0 Å². The van der Waals surface area contributed by atoms with Crippen LogP contribution in [0.15, 0.2) is 28.7 Å². The molecule has 4 heteroatoms. The Labute approximate surface area is 116 Å². The largest absolute Gasteiger partial charge is 0.381 e. The minimum absolute atomic E-state index is 0.179. The fraction of sp³-hybridized carbons (Fsp3) is 0.500. The van der Waals surface area contributed by atoms with E-state index < -0.39 is 0 Å². The van der Waals surface area contributed by atoms with Crippen LogP contribution in [0.4, 0.5) is 0 Å². The van der Waals surface area contributed by atoms with E-state index in [0.29, 0.717) is 12.6 Å². The predicted octanol–water partition coefficient (Wildman–Crippen LogP) is 2.74.